The summed E-state index contributed by atoms with van der Waals surface area (Å²) in [6.07, 6.45) is 0. The van der Waals surface area contributed by atoms with Gasteiger partial charge in [0.05, 0.1) is 17.3 Å². The first kappa shape index (κ1) is 13.9. The van der Waals surface area contributed by atoms with Gasteiger partial charge in [-0.2, -0.15) is 14.9 Å². The van der Waals surface area contributed by atoms with Gasteiger partial charge in [-0.25, -0.2) is 0 Å². The second-order valence-electron chi connectivity index (χ2n) is 5.06. The first-order valence-electron chi connectivity index (χ1n) is 7.13. The average molecular weight is 320 g/mol. The van der Waals surface area contributed by atoms with Crippen molar-refractivity contribution in [3.05, 3.63) is 48.0 Å². The molecule has 0 spiro atoms. The fraction of sp³-hybridized carbons (Fsp3) is 0.0625. The predicted molar refractivity (Wildman–Crippen MR) is 86.3 cm³/mol. The Morgan fingerprint density at radius 2 is 1.92 bits per heavy atom. The Labute approximate surface area is 137 Å². The summed E-state index contributed by atoms with van der Waals surface area (Å²) in [6, 6.07) is 14.4. The van der Waals surface area contributed by atoms with E-state index in [-0.39, 0.29) is 12.7 Å². The molecule has 0 saturated heterocycles. The summed E-state index contributed by atoms with van der Waals surface area (Å²) < 4.78 is 12.1. The maximum absolute atomic E-state index is 8.85. The molecule has 0 saturated carbocycles. The van der Waals surface area contributed by atoms with E-state index in [2.05, 4.69) is 21.5 Å². The van der Waals surface area contributed by atoms with Gasteiger partial charge in [-0.05, 0) is 36.4 Å². The lowest BCUT2D eigenvalue weighted by atomic mass is 10.2. The van der Waals surface area contributed by atoms with Crippen LogP contribution in [0.3, 0.4) is 0 Å². The molecule has 118 valence electrons. The van der Waals surface area contributed by atoms with Gasteiger partial charge < -0.3 is 20.5 Å². The molecule has 0 bridgehead atoms. The highest BCUT2D eigenvalue weighted by molar-refractivity contribution is 5.61. The van der Waals surface area contributed by atoms with E-state index in [4.69, 9.17) is 20.5 Å². The Morgan fingerprint density at radius 1 is 1.12 bits per heavy atom. The van der Waals surface area contributed by atoms with Gasteiger partial charge >= 0.3 is 0 Å². The SMILES string of the molecule is N#Cc1ccc(-n2nc(Nc3ccc4c(c3)OCO4)nc2N)cc1. The number of hydrogen-bond donors (Lipinski definition) is 2. The quantitative estimate of drug-likeness (QED) is 0.761. The molecule has 0 radical (unpaired) electrons. The topological polar surface area (TPSA) is 111 Å². The molecule has 24 heavy (non-hydrogen) atoms. The Kier molecular flexibility index (Phi) is 3.17. The molecule has 8 nitrogen and oxygen atoms in total. The smallest absolute Gasteiger partial charge is 0.248 e. The lowest BCUT2D eigenvalue weighted by Gasteiger charge is -2.03. The number of hydrogen-bond acceptors (Lipinski definition) is 7. The third kappa shape index (κ3) is 2.44. The third-order valence-corrected chi connectivity index (χ3v) is 3.50. The Hall–Kier alpha value is -3.73. The van der Waals surface area contributed by atoms with Crippen LogP contribution in [0.1, 0.15) is 5.56 Å². The minimum absolute atomic E-state index is 0.220. The molecule has 8 heteroatoms. The van der Waals surface area contributed by atoms with Crippen LogP contribution in [0.15, 0.2) is 42.5 Å². The Balaban J connectivity index is 1.60. The molecule has 1 aliphatic rings. The third-order valence-electron chi connectivity index (χ3n) is 3.50. The van der Waals surface area contributed by atoms with Crippen molar-refractivity contribution < 1.29 is 9.47 Å². The monoisotopic (exact) mass is 320 g/mol. The molecule has 2 heterocycles. The molecule has 1 aromatic heterocycles. The van der Waals surface area contributed by atoms with Gasteiger partial charge in [0.1, 0.15) is 0 Å². The molecule has 0 atom stereocenters. The van der Waals surface area contributed by atoms with Gasteiger partial charge in [0.15, 0.2) is 11.5 Å². The predicted octanol–water partition coefficient (Wildman–Crippen LogP) is 2.19. The van der Waals surface area contributed by atoms with E-state index in [0.29, 0.717) is 23.0 Å². The van der Waals surface area contributed by atoms with Gasteiger partial charge in [0.2, 0.25) is 18.7 Å². The van der Waals surface area contributed by atoms with Crippen molar-refractivity contribution in [2.24, 2.45) is 0 Å². The number of nitrogens with two attached hydrogens (primary N) is 1. The van der Waals surface area contributed by atoms with E-state index >= 15 is 0 Å². The zero-order valence-corrected chi connectivity index (χ0v) is 12.4. The van der Waals surface area contributed by atoms with Gasteiger partial charge in [0.25, 0.3) is 0 Å². The van der Waals surface area contributed by atoms with Gasteiger partial charge in [-0.1, -0.05) is 0 Å². The van der Waals surface area contributed by atoms with E-state index in [1.807, 2.05) is 12.1 Å². The van der Waals surface area contributed by atoms with E-state index in [1.54, 1.807) is 30.3 Å². The van der Waals surface area contributed by atoms with Crippen LogP contribution in [0.25, 0.3) is 5.69 Å². The van der Waals surface area contributed by atoms with Gasteiger partial charge in [-0.15, -0.1) is 5.10 Å². The second-order valence-corrected chi connectivity index (χ2v) is 5.06. The zero-order valence-electron chi connectivity index (χ0n) is 12.4. The molecular formula is C16H12N6O2. The number of ether oxygens (including phenoxy) is 2. The van der Waals surface area contributed by atoms with E-state index in [0.717, 1.165) is 11.4 Å². The minimum atomic E-state index is 0.220. The van der Waals surface area contributed by atoms with Crippen LogP contribution in [0.4, 0.5) is 17.6 Å². The highest BCUT2D eigenvalue weighted by Crippen LogP contribution is 2.34. The summed E-state index contributed by atoms with van der Waals surface area (Å²) >= 11 is 0. The summed E-state index contributed by atoms with van der Waals surface area (Å²) in [6.45, 7) is 0.220. The number of nitriles is 1. The van der Waals surface area contributed by atoms with Crippen LogP contribution in [0.2, 0.25) is 0 Å². The van der Waals surface area contributed by atoms with Crippen LogP contribution in [-0.4, -0.2) is 21.6 Å². The number of fused-ring (bicyclic) bond motifs is 1. The molecule has 0 aliphatic carbocycles. The molecular weight excluding hydrogens is 308 g/mol. The van der Waals surface area contributed by atoms with Crippen LogP contribution >= 0.6 is 0 Å². The first-order valence-corrected chi connectivity index (χ1v) is 7.13. The fourth-order valence-corrected chi connectivity index (χ4v) is 2.35. The van der Waals surface area contributed by atoms with E-state index < -0.39 is 0 Å². The maximum Gasteiger partial charge on any atom is 0.248 e. The van der Waals surface area contributed by atoms with Crippen LogP contribution in [0, 0.1) is 11.3 Å². The van der Waals surface area contributed by atoms with Crippen molar-refractivity contribution in [1.29, 1.82) is 5.26 Å². The van der Waals surface area contributed by atoms with Crippen molar-refractivity contribution >= 4 is 17.6 Å². The number of benzene rings is 2. The molecule has 2 aromatic carbocycles. The fourth-order valence-electron chi connectivity index (χ4n) is 2.35. The lowest BCUT2D eigenvalue weighted by molar-refractivity contribution is 0.174. The van der Waals surface area contributed by atoms with Gasteiger partial charge in [-0.3, -0.25) is 0 Å². The first-order chi connectivity index (χ1) is 11.7. The number of nitrogens with zero attached hydrogens (tertiary/aromatic N) is 4. The summed E-state index contributed by atoms with van der Waals surface area (Å²) in [7, 11) is 0. The molecule has 1 aliphatic heterocycles. The maximum atomic E-state index is 8.85. The van der Waals surface area contributed by atoms with Crippen LogP contribution in [0.5, 0.6) is 11.5 Å². The van der Waals surface area contributed by atoms with E-state index in [1.165, 1.54) is 4.68 Å². The number of rotatable bonds is 3. The van der Waals surface area contributed by atoms with Crippen molar-refractivity contribution in [2.75, 3.05) is 17.8 Å². The molecule has 3 N–H and O–H groups in total. The largest absolute Gasteiger partial charge is 0.454 e. The van der Waals surface area contributed by atoms with Gasteiger partial charge in [0, 0.05) is 11.8 Å². The molecule has 0 amide bonds. The number of aromatic nitrogens is 3. The van der Waals surface area contributed by atoms with Crippen molar-refractivity contribution in [3.63, 3.8) is 0 Å². The molecule has 4 rings (SSSR count). The lowest BCUT2D eigenvalue weighted by Crippen LogP contribution is -2.02. The van der Waals surface area contributed by atoms with E-state index in [9.17, 15) is 0 Å². The standard InChI is InChI=1S/C16H12N6O2/c17-8-10-1-4-12(5-2-10)22-15(18)20-16(21-22)19-11-3-6-13-14(7-11)24-9-23-13/h1-7H,9H2,(H3,18,19,20,21). The summed E-state index contributed by atoms with van der Waals surface area (Å²) in [5.41, 5.74) is 7.97. The summed E-state index contributed by atoms with van der Waals surface area (Å²) in [4.78, 5) is 4.20. The second kappa shape index (κ2) is 5.48. The highest BCUT2D eigenvalue weighted by atomic mass is 16.7. The normalized spacial score (nSPS) is 12.0. The molecule has 0 fully saturated rings. The number of nitrogens with one attached hydrogen (secondary N) is 1. The Morgan fingerprint density at radius 3 is 2.71 bits per heavy atom. The Bertz CT molecular complexity index is 942. The number of nitrogen functional groups attached to an aromatic ring is 1. The molecule has 3 aromatic rings. The summed E-state index contributed by atoms with van der Waals surface area (Å²) in [5, 5.41) is 16.3. The molecule has 0 unspecified atom stereocenters. The zero-order chi connectivity index (χ0) is 16.5. The van der Waals surface area contributed by atoms with Crippen LogP contribution in [-0.2, 0) is 0 Å². The van der Waals surface area contributed by atoms with Crippen LogP contribution < -0.4 is 20.5 Å². The van der Waals surface area contributed by atoms with Crippen molar-refractivity contribution in [2.45, 2.75) is 0 Å². The summed E-state index contributed by atoms with van der Waals surface area (Å²) in [5.74, 6) is 1.97. The highest BCUT2D eigenvalue weighted by Gasteiger charge is 2.14. The average Bonchev–Trinajstić information content (AvgIpc) is 3.21. The number of anilines is 3. The van der Waals surface area contributed by atoms with Crippen molar-refractivity contribution in [1.82, 2.24) is 14.8 Å². The minimum Gasteiger partial charge on any atom is -0.454 e. The van der Waals surface area contributed by atoms with Crippen molar-refractivity contribution in [3.8, 4) is 23.3 Å².